The maximum Gasteiger partial charge on any atom is 0.414 e. The Kier molecular flexibility index (Phi) is 1.96. The fourth-order valence-electron chi connectivity index (χ4n) is 2.30. The number of carbonyl (C=O) groups excluding carboxylic acids is 2. The molecule has 0 N–H and O–H groups in total. The van der Waals surface area contributed by atoms with Crippen molar-refractivity contribution in [3.63, 3.8) is 0 Å². The number of cyclic esters (lactones) is 1. The van der Waals surface area contributed by atoms with Crippen LogP contribution in [0.25, 0.3) is 0 Å². The molecule has 16 heavy (non-hydrogen) atoms. The van der Waals surface area contributed by atoms with Gasteiger partial charge in [0.05, 0.1) is 5.69 Å². The van der Waals surface area contributed by atoms with Crippen molar-refractivity contribution >= 4 is 17.6 Å². The minimum atomic E-state index is -0.338. The molecule has 0 unspecified atom stereocenters. The van der Waals surface area contributed by atoms with Gasteiger partial charge in [0.1, 0.15) is 6.61 Å². The van der Waals surface area contributed by atoms with E-state index < -0.39 is 0 Å². The van der Waals surface area contributed by atoms with Crippen molar-refractivity contribution in [2.24, 2.45) is 0 Å². The molecule has 0 fully saturated rings. The van der Waals surface area contributed by atoms with Crippen LogP contribution in [0.5, 0.6) is 0 Å². The number of para-hydroxylation sites is 1. The summed E-state index contributed by atoms with van der Waals surface area (Å²) in [5.41, 5.74) is 2.35. The number of nitrogens with zero attached hydrogens (tertiary/aromatic N) is 1. The zero-order chi connectivity index (χ0) is 11.1. The molecule has 1 aromatic rings. The summed E-state index contributed by atoms with van der Waals surface area (Å²) in [4.78, 5) is 25.1. The van der Waals surface area contributed by atoms with Crippen molar-refractivity contribution in [2.75, 3.05) is 11.4 Å². The molecular formula is C12H11NO3. The van der Waals surface area contributed by atoms with Gasteiger partial charge >= 0.3 is 6.09 Å². The predicted molar refractivity (Wildman–Crippen MR) is 57.5 cm³/mol. The van der Waals surface area contributed by atoms with E-state index in [1.54, 1.807) is 11.0 Å². The predicted octanol–water partition coefficient (Wildman–Crippen LogP) is 2.12. The fourth-order valence-corrected chi connectivity index (χ4v) is 2.30. The van der Waals surface area contributed by atoms with Crippen molar-refractivity contribution in [1.82, 2.24) is 0 Å². The molecule has 1 aromatic carbocycles. The molecule has 3 rings (SSSR count). The summed E-state index contributed by atoms with van der Waals surface area (Å²) in [6.07, 6.45) is 0.858. The molecule has 82 valence electrons. The van der Waals surface area contributed by atoms with Crippen LogP contribution in [-0.2, 0) is 11.3 Å². The summed E-state index contributed by atoms with van der Waals surface area (Å²) in [6.45, 7) is 0.834. The van der Waals surface area contributed by atoms with Gasteiger partial charge in [0.25, 0.3) is 0 Å². The number of amides is 1. The van der Waals surface area contributed by atoms with E-state index in [1.807, 2.05) is 12.1 Å². The van der Waals surface area contributed by atoms with Crippen molar-refractivity contribution in [1.29, 1.82) is 0 Å². The molecule has 0 radical (unpaired) electrons. The topological polar surface area (TPSA) is 46.6 Å². The van der Waals surface area contributed by atoms with Crippen molar-refractivity contribution in [2.45, 2.75) is 19.4 Å². The van der Waals surface area contributed by atoms with E-state index in [0.29, 0.717) is 24.9 Å². The summed E-state index contributed by atoms with van der Waals surface area (Å²) in [6, 6.07) is 5.53. The van der Waals surface area contributed by atoms with E-state index in [0.717, 1.165) is 11.3 Å². The monoisotopic (exact) mass is 217 g/mol. The lowest BCUT2D eigenvalue weighted by Crippen LogP contribution is -2.36. The van der Waals surface area contributed by atoms with Gasteiger partial charge in [-0.3, -0.25) is 9.69 Å². The second kappa shape index (κ2) is 3.33. The van der Waals surface area contributed by atoms with Gasteiger partial charge in [0.15, 0.2) is 5.78 Å². The zero-order valence-corrected chi connectivity index (χ0v) is 8.73. The number of hydrogen-bond acceptors (Lipinski definition) is 3. The van der Waals surface area contributed by atoms with Crippen molar-refractivity contribution in [3.8, 4) is 0 Å². The number of ketones is 1. The molecule has 2 aliphatic rings. The van der Waals surface area contributed by atoms with Gasteiger partial charge in [-0.15, -0.1) is 0 Å². The molecular weight excluding hydrogens is 206 g/mol. The highest BCUT2D eigenvalue weighted by Gasteiger charge is 2.31. The number of anilines is 1. The second-order valence-electron chi connectivity index (χ2n) is 4.05. The number of carbonyl (C=O) groups is 2. The van der Waals surface area contributed by atoms with Crippen molar-refractivity contribution < 1.29 is 14.3 Å². The lowest BCUT2D eigenvalue weighted by Gasteiger charge is -2.28. The first kappa shape index (κ1) is 9.39. The van der Waals surface area contributed by atoms with Gasteiger partial charge in [-0.05, 0) is 12.5 Å². The van der Waals surface area contributed by atoms with Gasteiger partial charge in [-0.25, -0.2) is 4.79 Å². The molecule has 4 heteroatoms. The third-order valence-corrected chi connectivity index (χ3v) is 3.05. The molecule has 0 aliphatic carbocycles. The van der Waals surface area contributed by atoms with Crippen molar-refractivity contribution in [3.05, 3.63) is 29.3 Å². The Morgan fingerprint density at radius 3 is 3.00 bits per heavy atom. The van der Waals surface area contributed by atoms with Crippen LogP contribution in [0.3, 0.4) is 0 Å². The van der Waals surface area contributed by atoms with Crippen LogP contribution in [0.15, 0.2) is 18.2 Å². The quantitative estimate of drug-likeness (QED) is 0.668. The average Bonchev–Trinajstić information content (AvgIpc) is 2.46. The number of Topliss-reactive ketones (excluding diaryl/α,β-unsaturated/α-hetero) is 1. The maximum absolute atomic E-state index is 11.9. The first-order valence-electron chi connectivity index (χ1n) is 5.37. The van der Waals surface area contributed by atoms with E-state index in [9.17, 15) is 9.59 Å². The summed E-state index contributed by atoms with van der Waals surface area (Å²) >= 11 is 0. The minimum Gasteiger partial charge on any atom is -0.444 e. The van der Waals surface area contributed by atoms with Crippen LogP contribution in [0.4, 0.5) is 10.5 Å². The summed E-state index contributed by atoms with van der Waals surface area (Å²) < 4.78 is 5.06. The average molecular weight is 217 g/mol. The lowest BCUT2D eigenvalue weighted by atomic mass is 10.0. The third kappa shape index (κ3) is 1.23. The highest BCUT2D eigenvalue weighted by atomic mass is 16.6. The molecule has 2 heterocycles. The molecule has 2 aliphatic heterocycles. The number of benzene rings is 1. The van der Waals surface area contributed by atoms with Gasteiger partial charge in [0, 0.05) is 24.1 Å². The minimum absolute atomic E-state index is 0.119. The van der Waals surface area contributed by atoms with E-state index in [2.05, 4.69) is 0 Å². The van der Waals surface area contributed by atoms with E-state index >= 15 is 0 Å². The fraction of sp³-hybridized carbons (Fsp3) is 0.333. The molecule has 0 spiro atoms. The van der Waals surface area contributed by atoms with E-state index in [1.165, 1.54) is 0 Å². The molecule has 1 amide bonds. The summed E-state index contributed by atoms with van der Waals surface area (Å²) in [5.74, 6) is 0.119. The van der Waals surface area contributed by atoms with Crippen LogP contribution in [0.2, 0.25) is 0 Å². The van der Waals surface area contributed by atoms with Crippen LogP contribution >= 0.6 is 0 Å². The highest BCUT2D eigenvalue weighted by Crippen LogP contribution is 2.34. The summed E-state index contributed by atoms with van der Waals surface area (Å²) in [7, 11) is 0. The lowest BCUT2D eigenvalue weighted by molar-refractivity contribution is 0.0983. The smallest absolute Gasteiger partial charge is 0.414 e. The molecule has 0 bridgehead atoms. The Bertz CT molecular complexity index is 481. The number of ether oxygens (including phenoxy) is 1. The summed E-state index contributed by atoms with van der Waals surface area (Å²) in [5, 5.41) is 0. The molecule has 0 saturated carbocycles. The maximum atomic E-state index is 11.9. The Morgan fingerprint density at radius 2 is 2.12 bits per heavy atom. The molecule has 0 aromatic heterocycles. The zero-order valence-electron chi connectivity index (χ0n) is 8.73. The third-order valence-electron chi connectivity index (χ3n) is 3.05. The Hall–Kier alpha value is -1.84. The first-order valence-corrected chi connectivity index (χ1v) is 5.37. The number of rotatable bonds is 0. The highest BCUT2D eigenvalue weighted by molar-refractivity contribution is 6.07. The Labute approximate surface area is 92.8 Å². The molecule has 0 saturated heterocycles. The van der Waals surface area contributed by atoms with E-state index in [4.69, 9.17) is 4.74 Å². The largest absolute Gasteiger partial charge is 0.444 e. The van der Waals surface area contributed by atoms with E-state index in [-0.39, 0.29) is 18.5 Å². The van der Waals surface area contributed by atoms with Crippen LogP contribution in [0, 0.1) is 0 Å². The molecule has 0 atom stereocenters. The van der Waals surface area contributed by atoms with Crippen LogP contribution < -0.4 is 4.90 Å². The van der Waals surface area contributed by atoms with Gasteiger partial charge in [-0.2, -0.15) is 0 Å². The van der Waals surface area contributed by atoms with Crippen LogP contribution in [0.1, 0.15) is 28.8 Å². The normalized spacial score (nSPS) is 18.9. The first-order chi connectivity index (χ1) is 7.77. The SMILES string of the molecule is O=C1CCCN2C(=O)OCc3cccc1c32. The standard InChI is InChI=1S/C12H11NO3/c14-10-5-2-6-13-11-8(7-16-12(13)15)3-1-4-9(10)11/h1,3-4H,2,5-7H2. The van der Waals surface area contributed by atoms with Gasteiger partial charge in [0.2, 0.25) is 0 Å². The Balaban J connectivity index is 2.24. The van der Waals surface area contributed by atoms with Gasteiger partial charge < -0.3 is 4.74 Å². The Morgan fingerprint density at radius 1 is 1.25 bits per heavy atom. The molecule has 4 nitrogen and oxygen atoms in total. The van der Waals surface area contributed by atoms with Gasteiger partial charge in [-0.1, -0.05) is 12.1 Å². The number of hydrogen-bond donors (Lipinski definition) is 0. The van der Waals surface area contributed by atoms with Crippen LogP contribution in [-0.4, -0.2) is 18.4 Å². The second-order valence-corrected chi connectivity index (χ2v) is 4.05.